The third-order valence-electron chi connectivity index (χ3n) is 2.71. The van der Waals surface area contributed by atoms with Gasteiger partial charge in [-0.1, -0.05) is 19.3 Å². The first kappa shape index (κ1) is 15.6. The van der Waals surface area contributed by atoms with E-state index in [2.05, 4.69) is 0 Å². The number of ether oxygens (including phenoxy) is 1. The van der Waals surface area contributed by atoms with E-state index in [1.807, 2.05) is 13.8 Å². The van der Waals surface area contributed by atoms with Crippen molar-refractivity contribution < 1.29 is 36.7 Å². The monoisotopic (exact) mass is 250 g/mol. The quantitative estimate of drug-likeness (QED) is 0.580. The third kappa shape index (κ3) is 5.46. The third-order valence-corrected chi connectivity index (χ3v) is 2.71. The summed E-state index contributed by atoms with van der Waals surface area (Å²) in [5.41, 5.74) is 0. The Balaban J connectivity index is 0.00000196. The summed E-state index contributed by atoms with van der Waals surface area (Å²) in [4.78, 5) is 0. The van der Waals surface area contributed by atoms with Crippen LogP contribution in [0, 0.1) is 0 Å². The molecular formula is C11H22O3Ti. The van der Waals surface area contributed by atoms with Gasteiger partial charge in [0.1, 0.15) is 6.10 Å². The number of rotatable bonds is 2. The molecule has 0 saturated heterocycles. The molecule has 0 heterocycles. The zero-order valence-electron chi connectivity index (χ0n) is 9.70. The van der Waals surface area contributed by atoms with Crippen molar-refractivity contribution in [2.75, 3.05) is 0 Å². The van der Waals surface area contributed by atoms with Gasteiger partial charge in [-0.3, -0.25) is 0 Å². The Morgan fingerprint density at radius 1 is 1.13 bits per heavy atom. The fraction of sp³-hybridized carbons (Fsp3) is 1.00. The molecule has 0 aromatic heterocycles. The van der Waals surface area contributed by atoms with Crippen molar-refractivity contribution in [1.82, 2.24) is 0 Å². The van der Waals surface area contributed by atoms with Gasteiger partial charge in [0.25, 0.3) is 0 Å². The minimum Gasteiger partial charge on any atom is -0.370 e. The molecule has 3 nitrogen and oxygen atoms in total. The summed E-state index contributed by atoms with van der Waals surface area (Å²) in [6.45, 7) is 3.85. The van der Waals surface area contributed by atoms with Crippen molar-refractivity contribution in [2.24, 2.45) is 0 Å². The molecule has 0 bridgehead atoms. The maximum Gasteiger partial charge on any atom is 0.189 e. The van der Waals surface area contributed by atoms with Gasteiger partial charge in [0.05, 0.1) is 6.10 Å². The average Bonchev–Trinajstić information content (AvgIpc) is 2.05. The van der Waals surface area contributed by atoms with E-state index in [1.54, 1.807) is 0 Å². The van der Waals surface area contributed by atoms with Crippen LogP contribution >= 0.6 is 0 Å². The Morgan fingerprint density at radius 2 is 1.73 bits per heavy atom. The van der Waals surface area contributed by atoms with E-state index in [4.69, 9.17) is 4.74 Å². The first-order valence-corrected chi connectivity index (χ1v) is 5.62. The zero-order chi connectivity index (χ0) is 10.6. The summed E-state index contributed by atoms with van der Waals surface area (Å²) in [6, 6.07) is 0. The molecule has 1 rings (SSSR count). The van der Waals surface area contributed by atoms with Crippen LogP contribution in [0.25, 0.3) is 0 Å². The van der Waals surface area contributed by atoms with Crippen LogP contribution in [0.15, 0.2) is 0 Å². The first-order valence-electron chi connectivity index (χ1n) is 5.62. The van der Waals surface area contributed by atoms with E-state index >= 15 is 0 Å². The second-order valence-electron chi connectivity index (χ2n) is 4.50. The topological polar surface area (TPSA) is 49.7 Å². The van der Waals surface area contributed by atoms with E-state index in [0.29, 0.717) is 6.42 Å². The Kier molecular flexibility index (Phi) is 7.30. The van der Waals surface area contributed by atoms with Gasteiger partial charge in [-0.05, 0) is 26.7 Å². The minimum absolute atomic E-state index is 0. The Morgan fingerprint density at radius 3 is 2.33 bits per heavy atom. The molecule has 1 unspecified atom stereocenters. The summed E-state index contributed by atoms with van der Waals surface area (Å²) < 4.78 is 5.54. The van der Waals surface area contributed by atoms with Gasteiger partial charge >= 0.3 is 0 Å². The Bertz CT molecular complexity index is 171. The molecular weight excluding hydrogens is 228 g/mol. The summed E-state index contributed by atoms with van der Waals surface area (Å²) in [6.07, 6.45) is 5.01. The maximum absolute atomic E-state index is 9.82. The van der Waals surface area contributed by atoms with Gasteiger partial charge in [-0.15, -0.1) is 0 Å². The molecule has 0 aromatic rings. The zero-order valence-corrected chi connectivity index (χ0v) is 11.3. The van der Waals surface area contributed by atoms with E-state index < -0.39 is 11.9 Å². The largest absolute Gasteiger partial charge is 0.370 e. The summed E-state index contributed by atoms with van der Waals surface area (Å²) in [5.74, 6) is -1.62. The van der Waals surface area contributed by atoms with Gasteiger partial charge < -0.3 is 14.9 Å². The molecule has 0 aliphatic heterocycles. The van der Waals surface area contributed by atoms with Crippen molar-refractivity contribution in [2.45, 2.75) is 70.4 Å². The van der Waals surface area contributed by atoms with Crippen molar-refractivity contribution in [3.8, 4) is 0 Å². The van der Waals surface area contributed by atoms with Crippen LogP contribution in [-0.2, 0) is 26.5 Å². The maximum atomic E-state index is 9.82. The number of aliphatic hydroxyl groups is 2. The molecule has 0 spiro atoms. The van der Waals surface area contributed by atoms with Crippen LogP contribution in [0.4, 0.5) is 0 Å². The van der Waals surface area contributed by atoms with Crippen LogP contribution in [0.2, 0.25) is 0 Å². The molecule has 15 heavy (non-hydrogen) atoms. The number of hydrogen-bond acceptors (Lipinski definition) is 3. The van der Waals surface area contributed by atoms with E-state index in [9.17, 15) is 10.2 Å². The summed E-state index contributed by atoms with van der Waals surface area (Å²) in [5, 5.41) is 19.6. The molecule has 88 valence electrons. The standard InChI is InChI=1S/C11H22O3.Ti/c1-9(2)14-10-7-5-3-4-6-8-11(10,12)13;/h9-10,12-13H,3-8H2,1-2H3;. The Hall–Kier alpha value is 0.594. The molecule has 0 amide bonds. The van der Waals surface area contributed by atoms with Gasteiger partial charge in [0.15, 0.2) is 5.79 Å². The van der Waals surface area contributed by atoms with Gasteiger partial charge in [0, 0.05) is 28.1 Å². The van der Waals surface area contributed by atoms with E-state index in [0.717, 1.165) is 25.7 Å². The fourth-order valence-electron chi connectivity index (χ4n) is 1.97. The summed E-state index contributed by atoms with van der Waals surface area (Å²) in [7, 11) is 0. The van der Waals surface area contributed by atoms with E-state index in [-0.39, 0.29) is 27.8 Å². The van der Waals surface area contributed by atoms with Crippen LogP contribution < -0.4 is 0 Å². The van der Waals surface area contributed by atoms with Crippen molar-refractivity contribution in [1.29, 1.82) is 0 Å². The first-order chi connectivity index (χ1) is 6.52. The second-order valence-corrected chi connectivity index (χ2v) is 4.50. The molecule has 0 aromatic carbocycles. The van der Waals surface area contributed by atoms with Crippen LogP contribution in [0.1, 0.15) is 52.4 Å². The smallest absolute Gasteiger partial charge is 0.189 e. The molecule has 1 fully saturated rings. The minimum atomic E-state index is -1.62. The molecule has 1 saturated carbocycles. The molecule has 1 aliphatic rings. The fourth-order valence-corrected chi connectivity index (χ4v) is 1.97. The van der Waals surface area contributed by atoms with Crippen LogP contribution in [-0.4, -0.2) is 28.2 Å². The molecule has 2 N–H and O–H groups in total. The number of hydrogen-bond donors (Lipinski definition) is 2. The summed E-state index contributed by atoms with van der Waals surface area (Å²) >= 11 is 0. The molecule has 4 heteroatoms. The van der Waals surface area contributed by atoms with Crippen LogP contribution in [0.5, 0.6) is 0 Å². The van der Waals surface area contributed by atoms with Gasteiger partial charge in [0.2, 0.25) is 0 Å². The van der Waals surface area contributed by atoms with E-state index in [1.165, 1.54) is 6.42 Å². The average molecular weight is 250 g/mol. The predicted molar refractivity (Wildman–Crippen MR) is 54.9 cm³/mol. The van der Waals surface area contributed by atoms with Gasteiger partial charge in [-0.25, -0.2) is 0 Å². The molecule has 1 atom stereocenters. The predicted octanol–water partition coefficient (Wildman–Crippen LogP) is 1.81. The van der Waals surface area contributed by atoms with Crippen LogP contribution in [0.3, 0.4) is 0 Å². The molecule has 1 aliphatic carbocycles. The van der Waals surface area contributed by atoms with Crippen molar-refractivity contribution in [3.63, 3.8) is 0 Å². The van der Waals surface area contributed by atoms with Crippen molar-refractivity contribution >= 4 is 0 Å². The van der Waals surface area contributed by atoms with Gasteiger partial charge in [-0.2, -0.15) is 0 Å². The molecule has 0 radical (unpaired) electrons. The van der Waals surface area contributed by atoms with Crippen molar-refractivity contribution in [3.05, 3.63) is 0 Å². The normalized spacial score (nSPS) is 26.6. The SMILES string of the molecule is CC(C)OC1CCCCCCC1(O)O.[Ti]. The Labute approximate surface area is 107 Å². The second kappa shape index (κ2) is 7.02.